The van der Waals surface area contributed by atoms with Gasteiger partial charge in [0.25, 0.3) is 0 Å². The number of hydrogen-bond acceptors (Lipinski definition) is 5. The maximum absolute atomic E-state index is 10.9. The largest absolute Gasteiger partial charge is 0.450 e. The van der Waals surface area contributed by atoms with Crippen LogP contribution in [0.4, 0.5) is 4.79 Å². The first-order valence-electron chi connectivity index (χ1n) is 6.08. The fourth-order valence-electron chi connectivity index (χ4n) is 1.23. The number of aliphatic hydroxyl groups is 1. The molecule has 0 bridgehead atoms. The summed E-state index contributed by atoms with van der Waals surface area (Å²) in [5.74, 6) is 0. The lowest BCUT2D eigenvalue weighted by atomic mass is 10.2. The first kappa shape index (κ1) is 16.1. The molecule has 17 heavy (non-hydrogen) atoms. The number of hydrogen-bond donors (Lipinski definition) is 3. The summed E-state index contributed by atoms with van der Waals surface area (Å²) in [7, 11) is 0. The van der Waals surface area contributed by atoms with E-state index in [0.29, 0.717) is 19.8 Å². The van der Waals surface area contributed by atoms with Crippen LogP contribution in [0.5, 0.6) is 0 Å². The third kappa shape index (κ3) is 10.0. The Morgan fingerprint density at radius 2 is 2.12 bits per heavy atom. The van der Waals surface area contributed by atoms with Gasteiger partial charge in [-0.2, -0.15) is 0 Å². The molecule has 0 aromatic carbocycles. The van der Waals surface area contributed by atoms with Gasteiger partial charge in [-0.25, -0.2) is 4.79 Å². The maximum Gasteiger partial charge on any atom is 0.407 e. The molecule has 1 unspecified atom stereocenters. The van der Waals surface area contributed by atoms with Crippen LogP contribution < -0.4 is 10.6 Å². The topological polar surface area (TPSA) is 79.8 Å². The van der Waals surface area contributed by atoms with E-state index in [1.54, 1.807) is 6.92 Å². The molecule has 0 aromatic heterocycles. The normalized spacial score (nSPS) is 12.2. The first-order chi connectivity index (χ1) is 8.24. The van der Waals surface area contributed by atoms with Crippen LogP contribution >= 0.6 is 0 Å². The second-order valence-electron chi connectivity index (χ2n) is 3.46. The van der Waals surface area contributed by atoms with Crippen molar-refractivity contribution < 1.29 is 19.4 Å². The minimum Gasteiger partial charge on any atom is -0.450 e. The number of alkyl carbamates (subject to hydrolysis) is 1. The van der Waals surface area contributed by atoms with Gasteiger partial charge in [0.1, 0.15) is 0 Å². The first-order valence-corrected chi connectivity index (χ1v) is 6.08. The summed E-state index contributed by atoms with van der Waals surface area (Å²) < 4.78 is 10.1. The molecule has 1 amide bonds. The van der Waals surface area contributed by atoms with Gasteiger partial charge in [-0.1, -0.05) is 6.92 Å². The zero-order chi connectivity index (χ0) is 12.9. The average molecular weight is 248 g/mol. The molecule has 0 saturated carbocycles. The zero-order valence-electron chi connectivity index (χ0n) is 10.7. The molecule has 0 radical (unpaired) electrons. The smallest absolute Gasteiger partial charge is 0.407 e. The van der Waals surface area contributed by atoms with E-state index in [-0.39, 0.29) is 12.7 Å². The number of amides is 1. The molecular weight excluding hydrogens is 224 g/mol. The third-order valence-corrected chi connectivity index (χ3v) is 2.10. The summed E-state index contributed by atoms with van der Waals surface area (Å²) in [5, 5.41) is 14.8. The molecule has 1 atom stereocenters. The number of ether oxygens (including phenoxy) is 2. The van der Waals surface area contributed by atoms with Crippen LogP contribution in [0.3, 0.4) is 0 Å². The molecule has 6 heteroatoms. The second-order valence-corrected chi connectivity index (χ2v) is 3.46. The van der Waals surface area contributed by atoms with Crippen molar-refractivity contribution in [2.75, 3.05) is 39.5 Å². The minimum absolute atomic E-state index is 0.00913. The molecule has 3 N–H and O–H groups in total. The summed E-state index contributed by atoms with van der Waals surface area (Å²) in [4.78, 5) is 10.9. The van der Waals surface area contributed by atoms with Crippen LogP contribution in [0.1, 0.15) is 20.3 Å². The molecule has 6 nitrogen and oxygen atoms in total. The molecule has 0 aromatic rings. The van der Waals surface area contributed by atoms with Gasteiger partial charge < -0.3 is 25.2 Å². The predicted molar refractivity (Wildman–Crippen MR) is 65.0 cm³/mol. The molecule has 0 heterocycles. The Morgan fingerprint density at radius 1 is 1.35 bits per heavy atom. The van der Waals surface area contributed by atoms with Gasteiger partial charge in [0.2, 0.25) is 0 Å². The number of rotatable bonds is 10. The molecule has 0 aliphatic rings. The van der Waals surface area contributed by atoms with Crippen molar-refractivity contribution in [1.29, 1.82) is 0 Å². The summed E-state index contributed by atoms with van der Waals surface area (Å²) in [6.45, 7) is 6.60. The summed E-state index contributed by atoms with van der Waals surface area (Å²) in [6, 6.07) is 0. The van der Waals surface area contributed by atoms with E-state index in [0.717, 1.165) is 19.5 Å². The number of carbonyl (C=O) groups is 1. The van der Waals surface area contributed by atoms with E-state index < -0.39 is 6.09 Å². The van der Waals surface area contributed by atoms with Crippen LogP contribution in [0, 0.1) is 0 Å². The Kier molecular flexibility index (Phi) is 11.0. The highest BCUT2D eigenvalue weighted by atomic mass is 16.5. The molecule has 0 aliphatic heterocycles. The fourth-order valence-corrected chi connectivity index (χ4v) is 1.23. The Bertz CT molecular complexity index is 190. The number of aliphatic hydroxyl groups excluding tert-OH is 1. The Balaban J connectivity index is 3.45. The highest BCUT2D eigenvalue weighted by Gasteiger charge is 2.07. The monoisotopic (exact) mass is 248 g/mol. The van der Waals surface area contributed by atoms with Crippen LogP contribution in [0.2, 0.25) is 0 Å². The molecule has 0 rings (SSSR count). The van der Waals surface area contributed by atoms with Crippen molar-refractivity contribution in [2.45, 2.75) is 26.4 Å². The summed E-state index contributed by atoms with van der Waals surface area (Å²) in [5.41, 5.74) is 0. The van der Waals surface area contributed by atoms with Gasteiger partial charge in [-0.05, 0) is 26.4 Å². The molecule has 102 valence electrons. The Hall–Kier alpha value is -0.850. The molecule has 0 saturated heterocycles. The van der Waals surface area contributed by atoms with Crippen LogP contribution in [0.25, 0.3) is 0 Å². The van der Waals surface area contributed by atoms with Gasteiger partial charge in [0.15, 0.2) is 0 Å². The lowest BCUT2D eigenvalue weighted by Gasteiger charge is -2.15. The number of carbonyl (C=O) groups excluding carboxylic acids is 1. The van der Waals surface area contributed by atoms with Crippen LogP contribution in [-0.2, 0) is 9.47 Å². The van der Waals surface area contributed by atoms with Gasteiger partial charge in [0.05, 0.1) is 25.9 Å². The highest BCUT2D eigenvalue weighted by Crippen LogP contribution is 1.96. The van der Waals surface area contributed by atoms with E-state index in [4.69, 9.17) is 9.84 Å². The maximum atomic E-state index is 10.9. The van der Waals surface area contributed by atoms with Crippen molar-refractivity contribution in [3.05, 3.63) is 0 Å². The van der Waals surface area contributed by atoms with Gasteiger partial charge in [-0.3, -0.25) is 0 Å². The fraction of sp³-hybridized carbons (Fsp3) is 0.909. The highest BCUT2D eigenvalue weighted by molar-refractivity contribution is 5.66. The molecule has 0 aliphatic carbocycles. The average Bonchev–Trinajstić information content (AvgIpc) is 2.32. The number of nitrogens with one attached hydrogen (secondary N) is 2. The minimum atomic E-state index is -0.440. The second kappa shape index (κ2) is 11.6. The van der Waals surface area contributed by atoms with Gasteiger partial charge in [0, 0.05) is 6.54 Å². The van der Waals surface area contributed by atoms with Crippen LogP contribution in [-0.4, -0.2) is 56.8 Å². The molecular formula is C11H24N2O4. The van der Waals surface area contributed by atoms with Gasteiger partial charge >= 0.3 is 6.09 Å². The third-order valence-electron chi connectivity index (χ3n) is 2.10. The lowest BCUT2D eigenvalue weighted by Crippen LogP contribution is -2.31. The van der Waals surface area contributed by atoms with E-state index in [2.05, 4.69) is 15.4 Å². The predicted octanol–water partition coefficient (Wildman–Crippen LogP) is 0.110. The SMILES string of the molecule is CCNCCC(CO)OCCNC(=O)OCC. The standard InChI is InChI=1S/C11H24N2O4/c1-3-12-6-5-10(9-14)17-8-7-13-11(15)16-4-2/h10,12,14H,3-9H2,1-2H3,(H,13,15). The van der Waals surface area contributed by atoms with Crippen LogP contribution in [0.15, 0.2) is 0 Å². The zero-order valence-corrected chi connectivity index (χ0v) is 10.7. The van der Waals surface area contributed by atoms with Gasteiger partial charge in [-0.15, -0.1) is 0 Å². The van der Waals surface area contributed by atoms with E-state index >= 15 is 0 Å². The Labute approximate surface area is 103 Å². The van der Waals surface area contributed by atoms with Crippen molar-refractivity contribution in [1.82, 2.24) is 10.6 Å². The van der Waals surface area contributed by atoms with Crippen molar-refractivity contribution in [3.63, 3.8) is 0 Å². The quantitative estimate of drug-likeness (QED) is 0.478. The summed E-state index contributed by atoms with van der Waals surface area (Å²) >= 11 is 0. The van der Waals surface area contributed by atoms with Crippen molar-refractivity contribution in [3.8, 4) is 0 Å². The Morgan fingerprint density at radius 3 is 2.71 bits per heavy atom. The van der Waals surface area contributed by atoms with E-state index in [9.17, 15) is 4.79 Å². The van der Waals surface area contributed by atoms with E-state index in [1.165, 1.54) is 0 Å². The van der Waals surface area contributed by atoms with Crippen molar-refractivity contribution in [2.24, 2.45) is 0 Å². The molecule has 0 spiro atoms. The molecule has 0 fully saturated rings. The van der Waals surface area contributed by atoms with Crippen molar-refractivity contribution >= 4 is 6.09 Å². The van der Waals surface area contributed by atoms with E-state index in [1.807, 2.05) is 6.92 Å². The lowest BCUT2D eigenvalue weighted by molar-refractivity contribution is 0.0101. The summed E-state index contributed by atoms with van der Waals surface area (Å²) in [6.07, 6.45) is 0.131.